The highest BCUT2D eigenvalue weighted by atomic mass is 14.9. The van der Waals surface area contributed by atoms with Crippen molar-refractivity contribution in [1.82, 2.24) is 0 Å². The third-order valence-corrected chi connectivity index (χ3v) is 3.76. The smallest absolute Gasteiger partial charge is 0.0390 e. The average Bonchev–Trinajstić information content (AvgIpc) is 2.63. The largest absolute Gasteiger partial charge is 0.356 e. The van der Waals surface area contributed by atoms with E-state index in [2.05, 4.69) is 79.1 Å². The molecule has 0 aliphatic rings. The molecule has 3 rings (SSSR count). The molecule has 112 valence electrons. The maximum atomic E-state index is 3.96. The number of allylic oxidation sites excluding steroid dienone is 2. The lowest BCUT2D eigenvalue weighted by Gasteiger charge is -2.10. The van der Waals surface area contributed by atoms with E-state index in [4.69, 9.17) is 0 Å². The Kier molecular flexibility index (Phi) is 4.39. The highest BCUT2D eigenvalue weighted by Crippen LogP contribution is 2.25. The van der Waals surface area contributed by atoms with E-state index in [0.717, 1.165) is 22.5 Å². The summed E-state index contributed by atoms with van der Waals surface area (Å²) in [4.78, 5) is 0. The van der Waals surface area contributed by atoms with Crippen molar-refractivity contribution in [2.75, 3.05) is 5.32 Å². The lowest BCUT2D eigenvalue weighted by atomic mass is 10.0. The molecular weight excluding hydrogens is 278 g/mol. The molecule has 0 unspecified atom stereocenters. The van der Waals surface area contributed by atoms with Crippen LogP contribution in [0.3, 0.4) is 0 Å². The van der Waals surface area contributed by atoms with E-state index in [0.29, 0.717) is 0 Å². The predicted octanol–water partition coefficient (Wildman–Crippen LogP) is 6.30. The van der Waals surface area contributed by atoms with Crippen LogP contribution in [0.1, 0.15) is 5.56 Å². The summed E-state index contributed by atoms with van der Waals surface area (Å²) in [6.07, 6.45) is 1.77. The molecule has 23 heavy (non-hydrogen) atoms. The molecule has 0 aromatic heterocycles. The van der Waals surface area contributed by atoms with Crippen LogP contribution >= 0.6 is 0 Å². The molecule has 0 atom stereocenters. The summed E-state index contributed by atoms with van der Waals surface area (Å²) in [5, 5.41) is 3.44. The monoisotopic (exact) mass is 297 g/mol. The summed E-state index contributed by atoms with van der Waals surface area (Å²) in [5.41, 5.74) is 6.56. The second-order valence-electron chi connectivity index (χ2n) is 5.38. The second kappa shape index (κ2) is 6.80. The van der Waals surface area contributed by atoms with Gasteiger partial charge in [-0.25, -0.2) is 0 Å². The molecule has 1 heteroatoms. The Hall–Kier alpha value is -3.06. The van der Waals surface area contributed by atoms with Crippen LogP contribution in [0, 0.1) is 0 Å². The van der Waals surface area contributed by atoms with Gasteiger partial charge in [-0.05, 0) is 46.5 Å². The molecule has 0 saturated carbocycles. The van der Waals surface area contributed by atoms with Crippen molar-refractivity contribution in [3.05, 3.63) is 104 Å². The Labute approximate surface area is 137 Å². The van der Waals surface area contributed by atoms with Gasteiger partial charge < -0.3 is 5.32 Å². The summed E-state index contributed by atoms with van der Waals surface area (Å²) < 4.78 is 0. The Bertz CT molecular complexity index is 814. The van der Waals surface area contributed by atoms with Gasteiger partial charge in [-0.3, -0.25) is 0 Å². The van der Waals surface area contributed by atoms with E-state index >= 15 is 0 Å². The molecule has 0 bridgehead atoms. The molecule has 0 saturated heterocycles. The van der Waals surface area contributed by atoms with Crippen molar-refractivity contribution >= 4 is 16.9 Å². The maximum absolute atomic E-state index is 3.96. The third kappa shape index (κ3) is 3.58. The standard InChI is InChI=1S/C22H19N/c1-3-17(2)18-12-14-21(15-13-18)23-22-11-7-10-20(16-22)19-8-5-4-6-9-19/h3-16,23H,1-2H2. The van der Waals surface area contributed by atoms with Crippen molar-refractivity contribution in [2.24, 2.45) is 0 Å². The summed E-state index contributed by atoms with van der Waals surface area (Å²) in [6.45, 7) is 7.71. The first kappa shape index (κ1) is 14.9. The Morgan fingerprint density at radius 2 is 1.43 bits per heavy atom. The molecule has 0 aliphatic heterocycles. The van der Waals surface area contributed by atoms with Crippen LogP contribution in [0.4, 0.5) is 11.4 Å². The fourth-order valence-electron chi connectivity index (χ4n) is 2.46. The zero-order chi connectivity index (χ0) is 16.1. The molecule has 3 aromatic rings. The summed E-state index contributed by atoms with van der Waals surface area (Å²) in [7, 11) is 0. The molecular formula is C22H19N. The molecule has 0 radical (unpaired) electrons. The van der Waals surface area contributed by atoms with E-state index in [1.54, 1.807) is 6.08 Å². The number of hydrogen-bond donors (Lipinski definition) is 1. The van der Waals surface area contributed by atoms with Gasteiger partial charge in [-0.1, -0.05) is 73.8 Å². The van der Waals surface area contributed by atoms with Gasteiger partial charge in [0.2, 0.25) is 0 Å². The molecule has 0 amide bonds. The van der Waals surface area contributed by atoms with E-state index < -0.39 is 0 Å². The molecule has 0 heterocycles. The van der Waals surface area contributed by atoms with E-state index in [1.165, 1.54) is 11.1 Å². The zero-order valence-electron chi connectivity index (χ0n) is 13.0. The Balaban J connectivity index is 1.81. The maximum Gasteiger partial charge on any atom is 0.0390 e. The van der Waals surface area contributed by atoms with Gasteiger partial charge in [0.15, 0.2) is 0 Å². The van der Waals surface area contributed by atoms with Crippen LogP contribution in [0.2, 0.25) is 0 Å². The molecule has 1 N–H and O–H groups in total. The SMILES string of the molecule is C=CC(=C)c1ccc(Nc2cccc(-c3ccccc3)c2)cc1. The van der Waals surface area contributed by atoms with Crippen molar-refractivity contribution < 1.29 is 0 Å². The molecule has 0 spiro atoms. The van der Waals surface area contributed by atoms with Gasteiger partial charge >= 0.3 is 0 Å². The van der Waals surface area contributed by atoms with Gasteiger partial charge in [0.25, 0.3) is 0 Å². The van der Waals surface area contributed by atoms with Gasteiger partial charge in [0.1, 0.15) is 0 Å². The van der Waals surface area contributed by atoms with E-state index in [-0.39, 0.29) is 0 Å². The quantitative estimate of drug-likeness (QED) is 0.545. The minimum Gasteiger partial charge on any atom is -0.356 e. The number of anilines is 2. The molecule has 0 fully saturated rings. The van der Waals surface area contributed by atoms with Crippen molar-refractivity contribution in [3.8, 4) is 11.1 Å². The fraction of sp³-hybridized carbons (Fsp3) is 0. The Morgan fingerprint density at radius 3 is 2.13 bits per heavy atom. The van der Waals surface area contributed by atoms with Crippen LogP contribution in [0.15, 0.2) is 98.1 Å². The summed E-state index contributed by atoms with van der Waals surface area (Å²) in [5.74, 6) is 0. The minimum atomic E-state index is 0.933. The first-order valence-corrected chi connectivity index (χ1v) is 7.60. The van der Waals surface area contributed by atoms with Crippen molar-refractivity contribution in [2.45, 2.75) is 0 Å². The first-order valence-electron chi connectivity index (χ1n) is 7.60. The van der Waals surface area contributed by atoms with Gasteiger partial charge in [-0.15, -0.1) is 0 Å². The van der Waals surface area contributed by atoms with E-state index in [9.17, 15) is 0 Å². The van der Waals surface area contributed by atoms with Crippen LogP contribution in [-0.2, 0) is 0 Å². The van der Waals surface area contributed by atoms with Crippen LogP contribution in [0.25, 0.3) is 16.7 Å². The van der Waals surface area contributed by atoms with Gasteiger partial charge in [-0.2, -0.15) is 0 Å². The summed E-state index contributed by atoms with van der Waals surface area (Å²) >= 11 is 0. The number of rotatable bonds is 5. The lowest BCUT2D eigenvalue weighted by Crippen LogP contribution is -1.91. The number of hydrogen-bond acceptors (Lipinski definition) is 1. The van der Waals surface area contributed by atoms with Gasteiger partial charge in [0.05, 0.1) is 0 Å². The van der Waals surface area contributed by atoms with Crippen LogP contribution < -0.4 is 5.32 Å². The predicted molar refractivity (Wildman–Crippen MR) is 101 cm³/mol. The minimum absolute atomic E-state index is 0.933. The second-order valence-corrected chi connectivity index (χ2v) is 5.38. The van der Waals surface area contributed by atoms with Crippen LogP contribution in [0.5, 0.6) is 0 Å². The Morgan fingerprint density at radius 1 is 0.739 bits per heavy atom. The summed E-state index contributed by atoms with van der Waals surface area (Å²) in [6, 6.07) is 27.0. The average molecular weight is 297 g/mol. The van der Waals surface area contributed by atoms with E-state index in [1.807, 2.05) is 18.2 Å². The van der Waals surface area contributed by atoms with Gasteiger partial charge in [0, 0.05) is 11.4 Å². The van der Waals surface area contributed by atoms with Crippen LogP contribution in [-0.4, -0.2) is 0 Å². The van der Waals surface area contributed by atoms with Crippen molar-refractivity contribution in [3.63, 3.8) is 0 Å². The normalized spacial score (nSPS) is 10.1. The molecule has 1 nitrogen and oxygen atoms in total. The third-order valence-electron chi connectivity index (χ3n) is 3.76. The highest BCUT2D eigenvalue weighted by molar-refractivity contribution is 5.74. The number of benzene rings is 3. The lowest BCUT2D eigenvalue weighted by molar-refractivity contribution is 1.53. The first-order chi connectivity index (χ1) is 11.3. The highest BCUT2D eigenvalue weighted by Gasteiger charge is 2.00. The molecule has 0 aliphatic carbocycles. The fourth-order valence-corrected chi connectivity index (χ4v) is 2.46. The number of nitrogens with one attached hydrogen (secondary N) is 1. The van der Waals surface area contributed by atoms with Crippen molar-refractivity contribution in [1.29, 1.82) is 0 Å². The topological polar surface area (TPSA) is 12.0 Å². The zero-order valence-corrected chi connectivity index (χ0v) is 13.0. The molecule has 3 aromatic carbocycles.